The van der Waals surface area contributed by atoms with Crippen molar-refractivity contribution in [1.29, 1.82) is 0 Å². The van der Waals surface area contributed by atoms with Crippen molar-refractivity contribution < 1.29 is 8.42 Å². The summed E-state index contributed by atoms with van der Waals surface area (Å²) in [4.78, 5) is 0.307. The van der Waals surface area contributed by atoms with E-state index in [4.69, 9.17) is 0 Å². The molecule has 0 bridgehead atoms. The van der Waals surface area contributed by atoms with Crippen LogP contribution >= 0.6 is 0 Å². The molecule has 0 heterocycles. The molecule has 0 unspecified atom stereocenters. The number of aryl methyl sites for hydroxylation is 1. The van der Waals surface area contributed by atoms with Crippen LogP contribution in [0.2, 0.25) is 0 Å². The van der Waals surface area contributed by atoms with Gasteiger partial charge in [0.05, 0.1) is 4.90 Å². The van der Waals surface area contributed by atoms with Crippen LogP contribution in [0.3, 0.4) is 0 Å². The fourth-order valence-corrected chi connectivity index (χ4v) is 3.75. The van der Waals surface area contributed by atoms with Crippen molar-refractivity contribution >= 4 is 10.0 Å². The average molecular weight is 346 g/mol. The van der Waals surface area contributed by atoms with Gasteiger partial charge in [-0.2, -0.15) is 0 Å². The van der Waals surface area contributed by atoms with E-state index in [1.807, 2.05) is 63.2 Å². The van der Waals surface area contributed by atoms with E-state index in [1.54, 1.807) is 12.1 Å². The van der Waals surface area contributed by atoms with Gasteiger partial charge in [0.15, 0.2) is 0 Å². The maximum Gasteiger partial charge on any atom is 0.240 e. The number of nitrogens with one attached hydrogen (secondary N) is 2. The molecule has 0 spiro atoms. The number of benzene rings is 2. The lowest BCUT2D eigenvalue weighted by Gasteiger charge is -2.23. The van der Waals surface area contributed by atoms with E-state index < -0.39 is 10.0 Å². The average Bonchev–Trinajstić information content (AvgIpc) is 2.55. The fraction of sp³-hybridized carbons (Fsp3) is 0.368. The predicted molar refractivity (Wildman–Crippen MR) is 98.3 cm³/mol. The van der Waals surface area contributed by atoms with Gasteiger partial charge >= 0.3 is 0 Å². The molecule has 0 saturated carbocycles. The van der Waals surface area contributed by atoms with E-state index in [2.05, 4.69) is 10.0 Å². The highest BCUT2D eigenvalue weighted by atomic mass is 32.2. The standard InChI is InChI=1S/C19H26N2O2S/c1-15(2)19(14-20-13-17-7-5-4-6-8-17)21-24(22,23)18-11-9-16(3)10-12-18/h4-12,15,19-21H,13-14H2,1-3H3/t19-/m1/s1. The van der Waals surface area contributed by atoms with Gasteiger partial charge in [-0.25, -0.2) is 13.1 Å². The Morgan fingerprint density at radius 2 is 1.58 bits per heavy atom. The van der Waals surface area contributed by atoms with Gasteiger partial charge in [0.2, 0.25) is 10.0 Å². The molecule has 0 saturated heterocycles. The molecule has 0 aliphatic rings. The first-order chi connectivity index (χ1) is 11.4. The third kappa shape index (κ3) is 5.44. The van der Waals surface area contributed by atoms with Crippen LogP contribution in [0.15, 0.2) is 59.5 Å². The van der Waals surface area contributed by atoms with Gasteiger partial charge < -0.3 is 5.32 Å². The van der Waals surface area contributed by atoms with E-state index in [9.17, 15) is 8.42 Å². The minimum absolute atomic E-state index is 0.167. The highest BCUT2D eigenvalue weighted by Gasteiger charge is 2.22. The lowest BCUT2D eigenvalue weighted by atomic mass is 10.1. The van der Waals surface area contributed by atoms with Crippen LogP contribution in [-0.4, -0.2) is 21.0 Å². The highest BCUT2D eigenvalue weighted by Crippen LogP contribution is 2.12. The molecule has 0 radical (unpaired) electrons. The first kappa shape index (κ1) is 18.6. The number of rotatable bonds is 8. The van der Waals surface area contributed by atoms with Crippen molar-refractivity contribution in [2.45, 2.75) is 38.3 Å². The Balaban J connectivity index is 1.98. The van der Waals surface area contributed by atoms with Gasteiger partial charge in [0, 0.05) is 19.1 Å². The summed E-state index contributed by atoms with van der Waals surface area (Å²) in [7, 11) is -3.51. The summed E-state index contributed by atoms with van der Waals surface area (Å²) in [6.45, 7) is 7.28. The summed E-state index contributed by atoms with van der Waals surface area (Å²) >= 11 is 0. The molecular formula is C19H26N2O2S. The highest BCUT2D eigenvalue weighted by molar-refractivity contribution is 7.89. The molecule has 5 heteroatoms. The number of hydrogen-bond donors (Lipinski definition) is 2. The van der Waals surface area contributed by atoms with E-state index in [-0.39, 0.29) is 12.0 Å². The minimum Gasteiger partial charge on any atom is -0.311 e. The number of sulfonamides is 1. The normalized spacial score (nSPS) is 13.2. The maximum absolute atomic E-state index is 12.6. The van der Waals surface area contributed by atoms with Crippen molar-refractivity contribution in [2.24, 2.45) is 5.92 Å². The van der Waals surface area contributed by atoms with E-state index in [1.165, 1.54) is 5.56 Å². The molecule has 130 valence electrons. The second-order valence-electron chi connectivity index (χ2n) is 6.40. The predicted octanol–water partition coefficient (Wildman–Crippen LogP) is 3.09. The Labute approximate surface area is 145 Å². The summed E-state index contributed by atoms with van der Waals surface area (Å²) in [5.41, 5.74) is 2.22. The van der Waals surface area contributed by atoms with Gasteiger partial charge in [-0.1, -0.05) is 61.9 Å². The molecule has 2 aromatic rings. The second kappa shape index (κ2) is 8.42. The van der Waals surface area contributed by atoms with Crippen LogP contribution in [0.4, 0.5) is 0 Å². The van der Waals surface area contributed by atoms with Crippen molar-refractivity contribution in [3.8, 4) is 0 Å². The Morgan fingerprint density at radius 1 is 0.958 bits per heavy atom. The second-order valence-corrected chi connectivity index (χ2v) is 8.12. The van der Waals surface area contributed by atoms with Gasteiger partial charge in [-0.05, 0) is 30.5 Å². The largest absolute Gasteiger partial charge is 0.311 e. The Hall–Kier alpha value is -1.69. The molecule has 0 amide bonds. The van der Waals surface area contributed by atoms with E-state index in [0.29, 0.717) is 11.4 Å². The van der Waals surface area contributed by atoms with Gasteiger partial charge in [0.1, 0.15) is 0 Å². The van der Waals surface area contributed by atoms with Crippen molar-refractivity contribution in [3.05, 3.63) is 65.7 Å². The summed E-state index contributed by atoms with van der Waals surface area (Å²) in [5.74, 6) is 0.188. The third-order valence-corrected chi connectivity index (χ3v) is 5.48. The fourth-order valence-electron chi connectivity index (χ4n) is 2.37. The molecule has 1 atom stereocenters. The van der Waals surface area contributed by atoms with Gasteiger partial charge in [-0.3, -0.25) is 0 Å². The van der Waals surface area contributed by atoms with Gasteiger partial charge in [0.25, 0.3) is 0 Å². The molecule has 24 heavy (non-hydrogen) atoms. The Morgan fingerprint density at radius 3 is 2.17 bits per heavy atom. The van der Waals surface area contributed by atoms with E-state index in [0.717, 1.165) is 12.1 Å². The Kier molecular flexibility index (Phi) is 6.54. The van der Waals surface area contributed by atoms with Crippen molar-refractivity contribution in [1.82, 2.24) is 10.0 Å². The summed E-state index contributed by atoms with van der Waals surface area (Å²) in [5, 5.41) is 3.34. The molecular weight excluding hydrogens is 320 g/mol. The lowest BCUT2D eigenvalue weighted by molar-refractivity contribution is 0.422. The molecule has 2 rings (SSSR count). The first-order valence-electron chi connectivity index (χ1n) is 8.22. The lowest BCUT2D eigenvalue weighted by Crippen LogP contribution is -2.45. The van der Waals surface area contributed by atoms with Crippen LogP contribution in [0, 0.1) is 12.8 Å². The topological polar surface area (TPSA) is 58.2 Å². The summed E-state index contributed by atoms with van der Waals surface area (Å²) in [6, 6.07) is 16.8. The maximum atomic E-state index is 12.6. The number of hydrogen-bond acceptors (Lipinski definition) is 3. The zero-order valence-corrected chi connectivity index (χ0v) is 15.3. The van der Waals surface area contributed by atoms with E-state index >= 15 is 0 Å². The van der Waals surface area contributed by atoms with Crippen molar-refractivity contribution in [3.63, 3.8) is 0 Å². The van der Waals surface area contributed by atoms with Crippen LogP contribution in [0.25, 0.3) is 0 Å². The minimum atomic E-state index is -3.51. The quantitative estimate of drug-likeness (QED) is 0.772. The molecule has 0 aliphatic heterocycles. The monoisotopic (exact) mass is 346 g/mol. The molecule has 0 aromatic heterocycles. The van der Waals surface area contributed by atoms with Gasteiger partial charge in [-0.15, -0.1) is 0 Å². The molecule has 2 aromatic carbocycles. The van der Waals surface area contributed by atoms with Crippen LogP contribution in [-0.2, 0) is 16.6 Å². The molecule has 0 fully saturated rings. The smallest absolute Gasteiger partial charge is 0.240 e. The summed E-state index contributed by atoms with van der Waals surface area (Å²) < 4.78 is 27.9. The Bertz CT molecular complexity index is 726. The molecule has 4 nitrogen and oxygen atoms in total. The first-order valence-corrected chi connectivity index (χ1v) is 9.70. The van der Waals surface area contributed by atoms with Crippen molar-refractivity contribution in [2.75, 3.05) is 6.54 Å². The zero-order valence-electron chi connectivity index (χ0n) is 14.5. The van der Waals surface area contributed by atoms with Crippen LogP contribution in [0.1, 0.15) is 25.0 Å². The SMILES string of the molecule is Cc1ccc(S(=O)(=O)N[C@H](CNCc2ccccc2)C(C)C)cc1. The van der Waals surface area contributed by atoms with Crippen LogP contribution < -0.4 is 10.0 Å². The summed E-state index contributed by atoms with van der Waals surface area (Å²) in [6.07, 6.45) is 0. The molecule has 0 aliphatic carbocycles. The third-order valence-electron chi connectivity index (χ3n) is 3.98. The molecule has 2 N–H and O–H groups in total. The zero-order chi connectivity index (χ0) is 17.6. The van der Waals surface area contributed by atoms with Crippen LogP contribution in [0.5, 0.6) is 0 Å².